The van der Waals surface area contributed by atoms with Crippen LogP contribution < -0.4 is 11.1 Å². The SMILES string of the molecule is CC(N)CCS(=O)CCC(=O)NC(C)C. The van der Waals surface area contributed by atoms with Crippen molar-refractivity contribution in [1.29, 1.82) is 0 Å². The summed E-state index contributed by atoms with van der Waals surface area (Å²) in [5.41, 5.74) is 5.55. The molecule has 0 radical (unpaired) electrons. The Morgan fingerprint density at radius 2 is 1.93 bits per heavy atom. The van der Waals surface area contributed by atoms with Crippen LogP contribution in [0, 0.1) is 0 Å². The molecule has 0 aromatic rings. The summed E-state index contributed by atoms with van der Waals surface area (Å²) in [7, 11) is -0.917. The molecule has 3 N–H and O–H groups in total. The van der Waals surface area contributed by atoms with Crippen LogP contribution in [-0.2, 0) is 15.6 Å². The zero-order valence-electron chi connectivity index (χ0n) is 9.79. The van der Waals surface area contributed by atoms with E-state index in [9.17, 15) is 9.00 Å². The fourth-order valence-corrected chi connectivity index (χ4v) is 2.27. The van der Waals surface area contributed by atoms with Gasteiger partial charge in [0.1, 0.15) is 0 Å². The van der Waals surface area contributed by atoms with Crippen LogP contribution in [0.25, 0.3) is 0 Å². The van der Waals surface area contributed by atoms with E-state index in [1.54, 1.807) is 0 Å². The molecule has 15 heavy (non-hydrogen) atoms. The predicted molar refractivity (Wildman–Crippen MR) is 64.0 cm³/mol. The molecule has 0 aliphatic rings. The molecule has 0 bridgehead atoms. The van der Waals surface area contributed by atoms with E-state index in [-0.39, 0.29) is 18.0 Å². The Morgan fingerprint density at radius 1 is 1.33 bits per heavy atom. The van der Waals surface area contributed by atoms with Crippen LogP contribution in [-0.4, -0.2) is 33.7 Å². The van der Waals surface area contributed by atoms with E-state index in [4.69, 9.17) is 5.73 Å². The Labute approximate surface area is 94.4 Å². The van der Waals surface area contributed by atoms with Crippen LogP contribution in [0.15, 0.2) is 0 Å². The normalized spacial score (nSPS) is 15.0. The average molecular weight is 234 g/mol. The quantitative estimate of drug-likeness (QED) is 0.669. The van der Waals surface area contributed by atoms with Gasteiger partial charge >= 0.3 is 0 Å². The fraction of sp³-hybridized carbons (Fsp3) is 0.900. The largest absolute Gasteiger partial charge is 0.354 e. The van der Waals surface area contributed by atoms with E-state index < -0.39 is 10.8 Å². The van der Waals surface area contributed by atoms with Crippen molar-refractivity contribution in [3.05, 3.63) is 0 Å². The van der Waals surface area contributed by atoms with Gasteiger partial charge in [0, 0.05) is 40.8 Å². The molecule has 0 heterocycles. The first kappa shape index (κ1) is 14.6. The van der Waals surface area contributed by atoms with Crippen LogP contribution in [0.1, 0.15) is 33.6 Å². The molecular weight excluding hydrogens is 212 g/mol. The van der Waals surface area contributed by atoms with Gasteiger partial charge in [-0.3, -0.25) is 9.00 Å². The lowest BCUT2D eigenvalue weighted by atomic mass is 10.3. The van der Waals surface area contributed by atoms with Gasteiger partial charge in [-0.05, 0) is 27.2 Å². The third-order valence-electron chi connectivity index (χ3n) is 1.81. The lowest BCUT2D eigenvalue weighted by molar-refractivity contribution is -0.121. The van der Waals surface area contributed by atoms with Gasteiger partial charge in [0.15, 0.2) is 0 Å². The fourth-order valence-electron chi connectivity index (χ4n) is 1.02. The summed E-state index contributed by atoms with van der Waals surface area (Å²) >= 11 is 0. The summed E-state index contributed by atoms with van der Waals surface area (Å²) in [6.45, 7) is 5.71. The zero-order chi connectivity index (χ0) is 11.8. The first-order valence-corrected chi connectivity index (χ1v) is 6.80. The van der Waals surface area contributed by atoms with E-state index in [1.165, 1.54) is 0 Å². The Bertz CT molecular complexity index is 217. The van der Waals surface area contributed by atoms with Gasteiger partial charge in [0.05, 0.1) is 0 Å². The molecule has 0 aliphatic carbocycles. The van der Waals surface area contributed by atoms with E-state index in [0.29, 0.717) is 17.9 Å². The lowest BCUT2D eigenvalue weighted by Crippen LogP contribution is -2.31. The highest BCUT2D eigenvalue weighted by Gasteiger charge is 2.07. The third kappa shape index (κ3) is 9.87. The van der Waals surface area contributed by atoms with E-state index >= 15 is 0 Å². The summed E-state index contributed by atoms with van der Waals surface area (Å²) in [4.78, 5) is 11.2. The highest BCUT2D eigenvalue weighted by molar-refractivity contribution is 7.84. The van der Waals surface area contributed by atoms with Crippen molar-refractivity contribution in [3.8, 4) is 0 Å². The molecule has 2 atom stereocenters. The van der Waals surface area contributed by atoms with Crippen molar-refractivity contribution in [2.24, 2.45) is 5.73 Å². The lowest BCUT2D eigenvalue weighted by Gasteiger charge is -2.08. The predicted octanol–water partition coefficient (Wildman–Crippen LogP) is 0.387. The number of hydrogen-bond donors (Lipinski definition) is 2. The summed E-state index contributed by atoms with van der Waals surface area (Å²) < 4.78 is 11.4. The second kappa shape index (κ2) is 7.82. The molecule has 0 aromatic heterocycles. The van der Waals surface area contributed by atoms with Crippen LogP contribution in [0.3, 0.4) is 0 Å². The van der Waals surface area contributed by atoms with Gasteiger partial charge in [0.2, 0.25) is 5.91 Å². The highest BCUT2D eigenvalue weighted by atomic mass is 32.2. The van der Waals surface area contributed by atoms with Crippen molar-refractivity contribution < 1.29 is 9.00 Å². The monoisotopic (exact) mass is 234 g/mol. The molecule has 0 aromatic carbocycles. The molecule has 0 spiro atoms. The summed E-state index contributed by atoms with van der Waals surface area (Å²) in [5.74, 6) is 0.997. The van der Waals surface area contributed by atoms with Crippen molar-refractivity contribution in [3.63, 3.8) is 0 Å². The number of hydrogen-bond acceptors (Lipinski definition) is 3. The topological polar surface area (TPSA) is 72.2 Å². The van der Waals surface area contributed by atoms with Crippen molar-refractivity contribution in [2.75, 3.05) is 11.5 Å². The van der Waals surface area contributed by atoms with Crippen LogP contribution in [0.4, 0.5) is 0 Å². The molecule has 2 unspecified atom stereocenters. The molecule has 0 saturated heterocycles. The van der Waals surface area contributed by atoms with Gasteiger partial charge in [-0.25, -0.2) is 0 Å². The third-order valence-corrected chi connectivity index (χ3v) is 3.16. The number of rotatable bonds is 7. The van der Waals surface area contributed by atoms with Crippen molar-refractivity contribution in [1.82, 2.24) is 5.32 Å². The first-order chi connectivity index (χ1) is 6.91. The molecule has 0 fully saturated rings. The maximum absolute atomic E-state index is 11.4. The van der Waals surface area contributed by atoms with Gasteiger partial charge < -0.3 is 11.1 Å². The number of carbonyl (C=O) groups is 1. The van der Waals surface area contributed by atoms with Crippen molar-refractivity contribution in [2.45, 2.75) is 45.7 Å². The number of nitrogens with two attached hydrogens (primary N) is 1. The van der Waals surface area contributed by atoms with Crippen molar-refractivity contribution >= 4 is 16.7 Å². The van der Waals surface area contributed by atoms with Gasteiger partial charge in [0.25, 0.3) is 0 Å². The van der Waals surface area contributed by atoms with Crippen LogP contribution >= 0.6 is 0 Å². The van der Waals surface area contributed by atoms with E-state index in [0.717, 1.165) is 6.42 Å². The van der Waals surface area contributed by atoms with Gasteiger partial charge in [-0.1, -0.05) is 0 Å². The second-order valence-corrected chi connectivity index (χ2v) is 5.78. The minimum absolute atomic E-state index is 0.0286. The Balaban J connectivity index is 3.58. The molecule has 1 amide bonds. The zero-order valence-corrected chi connectivity index (χ0v) is 10.6. The number of carbonyl (C=O) groups excluding carboxylic acids is 1. The maximum atomic E-state index is 11.4. The first-order valence-electron chi connectivity index (χ1n) is 5.31. The summed E-state index contributed by atoms with van der Waals surface area (Å²) in [5, 5.41) is 2.76. The molecular formula is C10H22N2O2S. The molecule has 0 rings (SSSR count). The maximum Gasteiger partial charge on any atom is 0.221 e. The minimum Gasteiger partial charge on any atom is -0.354 e. The van der Waals surface area contributed by atoms with Gasteiger partial charge in [-0.15, -0.1) is 0 Å². The number of amides is 1. The van der Waals surface area contributed by atoms with E-state index in [1.807, 2.05) is 20.8 Å². The second-order valence-electron chi connectivity index (χ2n) is 4.09. The molecule has 5 heteroatoms. The van der Waals surface area contributed by atoms with Crippen LogP contribution in [0.5, 0.6) is 0 Å². The summed E-state index contributed by atoms with van der Waals surface area (Å²) in [6, 6.07) is 0.230. The molecule has 90 valence electrons. The standard InChI is InChI=1S/C10H22N2O2S/c1-8(2)12-10(13)5-7-15(14)6-4-9(3)11/h8-9H,4-7,11H2,1-3H3,(H,12,13). The molecule has 4 nitrogen and oxygen atoms in total. The Hall–Kier alpha value is -0.420. The molecule has 0 saturated carbocycles. The van der Waals surface area contributed by atoms with E-state index in [2.05, 4.69) is 5.32 Å². The summed E-state index contributed by atoms with van der Waals surface area (Å²) in [6.07, 6.45) is 1.09. The smallest absolute Gasteiger partial charge is 0.221 e. The van der Waals surface area contributed by atoms with Gasteiger partial charge in [-0.2, -0.15) is 0 Å². The average Bonchev–Trinajstić information content (AvgIpc) is 2.10. The Morgan fingerprint density at radius 3 is 2.40 bits per heavy atom. The minimum atomic E-state index is -0.917. The Kier molecular flexibility index (Phi) is 7.60. The number of nitrogens with one attached hydrogen (secondary N) is 1. The highest BCUT2D eigenvalue weighted by Crippen LogP contribution is 1.94. The van der Waals surface area contributed by atoms with Crippen LogP contribution in [0.2, 0.25) is 0 Å². The molecule has 0 aliphatic heterocycles.